The topological polar surface area (TPSA) is 142 Å². The van der Waals surface area contributed by atoms with Crippen LogP contribution in [0.1, 0.15) is 13.8 Å². The van der Waals surface area contributed by atoms with Crippen molar-refractivity contribution < 1.29 is 38.3 Å². The summed E-state index contributed by atoms with van der Waals surface area (Å²) in [6.45, 7) is 2.22. The van der Waals surface area contributed by atoms with Crippen molar-refractivity contribution in [2.24, 2.45) is 11.8 Å². The fraction of sp³-hybridized carbons (Fsp3) is 0.368. The van der Waals surface area contributed by atoms with Crippen molar-refractivity contribution in [1.82, 2.24) is 0 Å². The number of benzene rings is 1. The smallest absolute Gasteiger partial charge is 0.305 e. The van der Waals surface area contributed by atoms with Gasteiger partial charge in [0.25, 0.3) is 12.0 Å². The van der Waals surface area contributed by atoms with Crippen LogP contribution in [0.25, 0.3) is 0 Å². The molecule has 162 valence electrons. The Balaban J connectivity index is 1.75. The number of amides is 2. The second kappa shape index (κ2) is 7.24. The van der Waals surface area contributed by atoms with Gasteiger partial charge >= 0.3 is 11.9 Å². The van der Waals surface area contributed by atoms with Crippen molar-refractivity contribution >= 4 is 51.1 Å². The number of halogens is 1. The number of carbonyl (C=O) groups excluding carboxylic acids is 4. The van der Waals surface area contributed by atoms with Gasteiger partial charge in [0.1, 0.15) is 0 Å². The molecule has 12 heteroatoms. The van der Waals surface area contributed by atoms with Crippen molar-refractivity contribution in [3.05, 3.63) is 44.9 Å². The van der Waals surface area contributed by atoms with E-state index >= 15 is 0 Å². The Morgan fingerprint density at radius 2 is 1.87 bits per heavy atom. The third-order valence-electron chi connectivity index (χ3n) is 5.38. The van der Waals surface area contributed by atoms with Gasteiger partial charge in [-0.1, -0.05) is 6.08 Å². The highest BCUT2D eigenvalue weighted by molar-refractivity contribution is 9.10. The number of ether oxygens (including phenoxy) is 3. The summed E-state index contributed by atoms with van der Waals surface area (Å²) < 4.78 is 16.3. The van der Waals surface area contributed by atoms with Crippen LogP contribution in [0.3, 0.4) is 0 Å². The zero-order chi connectivity index (χ0) is 22.7. The summed E-state index contributed by atoms with van der Waals surface area (Å²) in [5.41, 5.74) is -1.76. The molecule has 0 aromatic heterocycles. The minimum Gasteiger partial charge on any atom is -0.422 e. The average molecular weight is 495 g/mol. The van der Waals surface area contributed by atoms with Crippen LogP contribution in [-0.2, 0) is 33.4 Å². The number of nitro groups is 1. The molecule has 4 atom stereocenters. The van der Waals surface area contributed by atoms with Gasteiger partial charge < -0.3 is 14.2 Å². The first-order valence-corrected chi connectivity index (χ1v) is 9.89. The summed E-state index contributed by atoms with van der Waals surface area (Å²) in [7, 11) is 0. The summed E-state index contributed by atoms with van der Waals surface area (Å²) in [5, 5.41) is 11.0. The molecule has 0 spiro atoms. The highest BCUT2D eigenvalue weighted by atomic mass is 79.9. The van der Waals surface area contributed by atoms with E-state index in [-0.39, 0.29) is 15.8 Å². The molecule has 2 amide bonds. The van der Waals surface area contributed by atoms with Gasteiger partial charge in [0, 0.05) is 30.5 Å². The third kappa shape index (κ3) is 3.13. The molecule has 2 bridgehead atoms. The molecule has 3 aliphatic rings. The van der Waals surface area contributed by atoms with Gasteiger partial charge in [-0.25, -0.2) is 4.90 Å². The van der Waals surface area contributed by atoms with Crippen molar-refractivity contribution in [1.29, 1.82) is 0 Å². The number of rotatable bonds is 5. The summed E-state index contributed by atoms with van der Waals surface area (Å²) in [4.78, 5) is 61.1. The van der Waals surface area contributed by atoms with E-state index in [0.29, 0.717) is 0 Å². The molecule has 4 rings (SSSR count). The van der Waals surface area contributed by atoms with Crippen LogP contribution < -0.4 is 4.90 Å². The zero-order valence-electron chi connectivity index (χ0n) is 16.1. The highest BCUT2D eigenvalue weighted by Crippen LogP contribution is 2.55. The van der Waals surface area contributed by atoms with Gasteiger partial charge in [0.2, 0.25) is 11.8 Å². The van der Waals surface area contributed by atoms with Gasteiger partial charge in [0.15, 0.2) is 5.60 Å². The number of non-ortho nitro benzene ring substituents is 1. The average Bonchev–Trinajstić information content (AvgIpc) is 3.32. The second-order valence-corrected chi connectivity index (χ2v) is 8.11. The number of esters is 2. The Morgan fingerprint density at radius 3 is 2.42 bits per heavy atom. The number of hydrogen-bond acceptors (Lipinski definition) is 9. The van der Waals surface area contributed by atoms with Gasteiger partial charge in [-0.15, -0.1) is 0 Å². The van der Waals surface area contributed by atoms with Crippen LogP contribution in [0.5, 0.6) is 0 Å². The summed E-state index contributed by atoms with van der Waals surface area (Å²) in [6.07, 6.45) is 0.656. The van der Waals surface area contributed by atoms with Crippen LogP contribution >= 0.6 is 15.9 Å². The maximum absolute atomic E-state index is 13.4. The van der Waals surface area contributed by atoms with E-state index < -0.39 is 58.5 Å². The molecule has 3 heterocycles. The highest BCUT2D eigenvalue weighted by Gasteiger charge is 2.72. The minimum atomic E-state index is -1.67. The monoisotopic (exact) mass is 494 g/mol. The molecule has 2 saturated heterocycles. The molecule has 3 aliphatic heterocycles. The first-order valence-electron chi connectivity index (χ1n) is 9.10. The second-order valence-electron chi connectivity index (χ2n) is 7.25. The quantitative estimate of drug-likeness (QED) is 0.149. The van der Waals surface area contributed by atoms with E-state index in [2.05, 4.69) is 15.9 Å². The van der Waals surface area contributed by atoms with Crippen LogP contribution in [0, 0.1) is 22.0 Å². The maximum atomic E-state index is 13.4. The van der Waals surface area contributed by atoms with Crippen molar-refractivity contribution in [2.75, 3.05) is 4.90 Å². The Morgan fingerprint density at radius 1 is 1.23 bits per heavy atom. The van der Waals surface area contributed by atoms with E-state index in [9.17, 15) is 29.3 Å². The van der Waals surface area contributed by atoms with Crippen molar-refractivity contribution in [2.45, 2.75) is 31.8 Å². The number of nitro benzene ring substituents is 1. The predicted octanol–water partition coefficient (Wildman–Crippen LogP) is 1.62. The molecule has 1 aromatic carbocycles. The van der Waals surface area contributed by atoms with E-state index in [1.165, 1.54) is 24.3 Å². The minimum absolute atomic E-state index is 0.126. The molecule has 0 aliphatic carbocycles. The van der Waals surface area contributed by atoms with E-state index in [4.69, 9.17) is 14.2 Å². The molecule has 2 fully saturated rings. The standard InChI is InChI=1S/C19H15BrN2O9/c1-8(23)29-18(30-9(2)24)19-6-5-13(31-19)14-15(19)17(26)21(16(14)25)12-4-3-10(22(27)28)7-11(12)20/h3-7,13-15,18H,1-2H3/t13-,14-,15-,19-/m1/s1. The Bertz CT molecular complexity index is 1050. The summed E-state index contributed by atoms with van der Waals surface area (Å²) in [6, 6.07) is 3.65. The number of hydrogen-bond donors (Lipinski definition) is 0. The van der Waals surface area contributed by atoms with Crippen LogP contribution in [-0.4, -0.2) is 46.7 Å². The van der Waals surface area contributed by atoms with Crippen LogP contribution in [0.15, 0.2) is 34.8 Å². The van der Waals surface area contributed by atoms with Gasteiger partial charge in [-0.05, 0) is 28.1 Å². The largest absolute Gasteiger partial charge is 0.422 e. The molecule has 11 nitrogen and oxygen atoms in total. The van der Waals surface area contributed by atoms with E-state index in [0.717, 1.165) is 18.7 Å². The summed E-state index contributed by atoms with van der Waals surface area (Å²) in [5.74, 6) is -4.84. The normalized spacial score (nSPS) is 28.3. The molecule has 0 radical (unpaired) electrons. The number of imide groups is 1. The third-order valence-corrected chi connectivity index (χ3v) is 6.01. The van der Waals surface area contributed by atoms with Gasteiger partial charge in [0.05, 0.1) is 28.6 Å². The van der Waals surface area contributed by atoms with Gasteiger partial charge in [-0.2, -0.15) is 0 Å². The zero-order valence-corrected chi connectivity index (χ0v) is 17.7. The number of nitrogens with zero attached hydrogens (tertiary/aromatic N) is 2. The fourth-order valence-electron chi connectivity index (χ4n) is 4.24. The number of fused-ring (bicyclic) bond motifs is 5. The fourth-order valence-corrected chi connectivity index (χ4v) is 4.79. The van der Waals surface area contributed by atoms with Crippen molar-refractivity contribution in [3.63, 3.8) is 0 Å². The Kier molecular flexibility index (Phi) is 4.93. The maximum Gasteiger partial charge on any atom is 0.305 e. The van der Waals surface area contributed by atoms with Crippen LogP contribution in [0.4, 0.5) is 11.4 Å². The lowest BCUT2D eigenvalue weighted by atomic mass is 9.76. The molecule has 0 unspecified atom stereocenters. The molecule has 0 N–H and O–H groups in total. The first-order chi connectivity index (χ1) is 14.6. The molecular weight excluding hydrogens is 480 g/mol. The van der Waals surface area contributed by atoms with Gasteiger partial charge in [-0.3, -0.25) is 29.3 Å². The predicted molar refractivity (Wildman–Crippen MR) is 104 cm³/mol. The molecule has 0 saturated carbocycles. The number of anilines is 1. The Labute approximate surface area is 183 Å². The number of carbonyl (C=O) groups is 4. The van der Waals surface area contributed by atoms with Crippen molar-refractivity contribution in [3.8, 4) is 0 Å². The summed E-state index contributed by atoms with van der Waals surface area (Å²) >= 11 is 3.18. The molecule has 31 heavy (non-hydrogen) atoms. The van der Waals surface area contributed by atoms with E-state index in [1.807, 2.05) is 0 Å². The lowest BCUT2D eigenvalue weighted by Crippen LogP contribution is -2.52. The first kappa shape index (κ1) is 21.1. The molecular formula is C19H15BrN2O9. The Hall–Kier alpha value is -3.12. The SMILES string of the molecule is CC(=O)OC(OC(C)=O)[C@]12C=C[C@@H](O1)[C@H]1C(=O)N(c3ccc([N+](=O)[O-])cc3Br)C(=O)[C@@H]12. The lowest BCUT2D eigenvalue weighted by Gasteiger charge is -2.34. The molecule has 1 aromatic rings. The van der Waals surface area contributed by atoms with E-state index in [1.54, 1.807) is 6.08 Å². The lowest BCUT2D eigenvalue weighted by molar-refractivity contribution is -0.384. The van der Waals surface area contributed by atoms with Crippen LogP contribution in [0.2, 0.25) is 0 Å².